The van der Waals surface area contributed by atoms with Gasteiger partial charge >= 0.3 is 11.9 Å². The van der Waals surface area contributed by atoms with Crippen molar-refractivity contribution in [1.82, 2.24) is 5.32 Å². The van der Waals surface area contributed by atoms with Crippen LogP contribution in [0.25, 0.3) is 11.1 Å². The Morgan fingerprint density at radius 3 is 2.16 bits per heavy atom. The fourth-order valence-corrected chi connectivity index (χ4v) is 4.88. The minimum absolute atomic E-state index is 0.184. The van der Waals surface area contributed by atoms with E-state index in [4.69, 9.17) is 9.47 Å². The van der Waals surface area contributed by atoms with Crippen LogP contribution in [0.1, 0.15) is 37.9 Å². The van der Waals surface area contributed by atoms with Crippen LogP contribution in [0.15, 0.2) is 91.0 Å². The smallest absolute Gasteiger partial charge is 0.336 e. The van der Waals surface area contributed by atoms with Crippen LogP contribution in [0.5, 0.6) is 11.5 Å². The third kappa shape index (κ3) is 9.04. The molecule has 4 rings (SSSR count). The summed E-state index contributed by atoms with van der Waals surface area (Å²) in [5.74, 6) is -1.73. The van der Waals surface area contributed by atoms with Gasteiger partial charge in [-0.25, -0.2) is 18.0 Å². The van der Waals surface area contributed by atoms with Gasteiger partial charge in [-0.05, 0) is 58.7 Å². The molecule has 1 atom stereocenters. The SMILES string of the molecule is CS(=O)(=O)Nc1cc([C@H](O)CNCCOc2ccc(-c3ccc(C(=O)O)c(C(=O)O)c3)cc2)ccc1OCc1ccccc1. The lowest BCUT2D eigenvalue weighted by Gasteiger charge is -2.17. The maximum atomic E-state index is 11.9. The van der Waals surface area contributed by atoms with Crippen molar-refractivity contribution in [2.24, 2.45) is 0 Å². The zero-order valence-electron chi connectivity index (χ0n) is 23.8. The van der Waals surface area contributed by atoms with Crippen molar-refractivity contribution in [3.05, 3.63) is 113 Å². The molecule has 0 fully saturated rings. The van der Waals surface area contributed by atoms with Gasteiger partial charge in [0, 0.05) is 13.1 Å². The Bertz CT molecular complexity index is 1710. The van der Waals surface area contributed by atoms with E-state index >= 15 is 0 Å². The largest absolute Gasteiger partial charge is 0.492 e. The van der Waals surface area contributed by atoms with Gasteiger partial charge in [0.15, 0.2) is 0 Å². The average Bonchev–Trinajstić information content (AvgIpc) is 2.99. The molecule has 5 N–H and O–H groups in total. The van der Waals surface area contributed by atoms with Gasteiger partial charge in [0.2, 0.25) is 10.0 Å². The number of carboxylic acids is 2. The number of aliphatic hydroxyl groups excluding tert-OH is 1. The van der Waals surface area contributed by atoms with Crippen molar-refractivity contribution in [2.75, 3.05) is 30.7 Å². The van der Waals surface area contributed by atoms with Crippen LogP contribution in [0.4, 0.5) is 5.69 Å². The number of carbonyl (C=O) groups is 2. The van der Waals surface area contributed by atoms with Gasteiger partial charge < -0.3 is 30.1 Å². The van der Waals surface area contributed by atoms with Crippen molar-refractivity contribution < 1.29 is 42.8 Å². The highest BCUT2D eigenvalue weighted by molar-refractivity contribution is 7.92. The summed E-state index contributed by atoms with van der Waals surface area (Å²) in [6.07, 6.45) is 0.112. The molecular formula is C32H32N2O9S. The molecule has 4 aromatic carbocycles. The number of hydrogen-bond donors (Lipinski definition) is 5. The quantitative estimate of drug-likeness (QED) is 0.120. The second-order valence-corrected chi connectivity index (χ2v) is 11.6. The van der Waals surface area contributed by atoms with Crippen LogP contribution < -0.4 is 19.5 Å². The Hall–Kier alpha value is -4.91. The fourth-order valence-electron chi connectivity index (χ4n) is 4.32. The van der Waals surface area contributed by atoms with Crippen molar-refractivity contribution in [3.8, 4) is 22.6 Å². The molecule has 230 valence electrons. The highest BCUT2D eigenvalue weighted by Gasteiger charge is 2.17. The first kappa shape index (κ1) is 32.0. The number of anilines is 1. The summed E-state index contributed by atoms with van der Waals surface area (Å²) in [5, 5.41) is 32.4. The Kier molecular flexibility index (Phi) is 10.6. The summed E-state index contributed by atoms with van der Waals surface area (Å²) in [5.41, 5.74) is 2.32. The van der Waals surface area contributed by atoms with E-state index in [0.29, 0.717) is 34.7 Å². The van der Waals surface area contributed by atoms with Gasteiger partial charge in [0.05, 0.1) is 29.2 Å². The van der Waals surface area contributed by atoms with E-state index in [1.165, 1.54) is 12.1 Å². The molecule has 0 aliphatic rings. The van der Waals surface area contributed by atoms with Crippen molar-refractivity contribution in [3.63, 3.8) is 0 Å². The van der Waals surface area contributed by atoms with Crippen LogP contribution in [0.3, 0.4) is 0 Å². The Morgan fingerprint density at radius 2 is 1.50 bits per heavy atom. The monoisotopic (exact) mass is 620 g/mol. The van der Waals surface area contributed by atoms with Crippen molar-refractivity contribution >= 4 is 27.6 Å². The first-order valence-electron chi connectivity index (χ1n) is 13.5. The molecule has 0 aromatic heterocycles. The van der Waals surface area contributed by atoms with E-state index in [0.717, 1.165) is 11.8 Å². The number of hydrogen-bond acceptors (Lipinski definition) is 8. The minimum Gasteiger partial charge on any atom is -0.492 e. The molecule has 0 aliphatic carbocycles. The Labute approximate surface area is 254 Å². The molecule has 0 amide bonds. The first-order valence-corrected chi connectivity index (χ1v) is 15.4. The summed E-state index contributed by atoms with van der Waals surface area (Å²) < 4.78 is 37.9. The zero-order valence-corrected chi connectivity index (χ0v) is 24.6. The van der Waals surface area contributed by atoms with Crippen LogP contribution in [0, 0.1) is 0 Å². The van der Waals surface area contributed by atoms with Crippen LogP contribution >= 0.6 is 0 Å². The third-order valence-electron chi connectivity index (χ3n) is 6.47. The highest BCUT2D eigenvalue weighted by Crippen LogP contribution is 2.30. The fraction of sp³-hybridized carbons (Fsp3) is 0.188. The minimum atomic E-state index is -3.59. The Balaban J connectivity index is 1.29. The molecule has 44 heavy (non-hydrogen) atoms. The maximum absolute atomic E-state index is 11.9. The van der Waals surface area contributed by atoms with E-state index in [2.05, 4.69) is 10.0 Å². The zero-order chi connectivity index (χ0) is 31.7. The molecule has 0 radical (unpaired) electrons. The second kappa shape index (κ2) is 14.5. The standard InChI is InChI=1S/C32H32N2O9S/c1-44(40,41)34-28-18-24(10-14-30(28)43-20-21-5-3-2-4-6-21)29(35)19-33-15-16-42-25-11-7-22(8-12-25)23-9-13-26(31(36)37)27(17-23)32(38)39/h2-14,17-18,29,33-35H,15-16,19-20H2,1H3,(H,36,37)(H,38,39)/t29-/m1/s1. The number of rotatable bonds is 15. The number of ether oxygens (including phenoxy) is 2. The van der Waals surface area contributed by atoms with Gasteiger partial charge in [-0.15, -0.1) is 0 Å². The highest BCUT2D eigenvalue weighted by atomic mass is 32.2. The van der Waals surface area contributed by atoms with Crippen LogP contribution in [-0.2, 0) is 16.6 Å². The van der Waals surface area contributed by atoms with Crippen LogP contribution in [0.2, 0.25) is 0 Å². The summed E-state index contributed by atoms with van der Waals surface area (Å²) in [6, 6.07) is 25.3. The Morgan fingerprint density at radius 1 is 0.818 bits per heavy atom. The lowest BCUT2D eigenvalue weighted by molar-refractivity contribution is 0.0651. The summed E-state index contributed by atoms with van der Waals surface area (Å²) in [6.45, 7) is 1.12. The molecule has 0 unspecified atom stereocenters. The van der Waals surface area contributed by atoms with Gasteiger partial charge in [0.25, 0.3) is 0 Å². The lowest BCUT2D eigenvalue weighted by atomic mass is 9.99. The summed E-state index contributed by atoms with van der Waals surface area (Å²) in [4.78, 5) is 22.8. The number of aliphatic hydroxyl groups is 1. The van der Waals surface area contributed by atoms with E-state index in [-0.39, 0.29) is 36.6 Å². The molecule has 0 aliphatic heterocycles. The molecule has 0 saturated heterocycles. The van der Waals surface area contributed by atoms with E-state index in [9.17, 15) is 33.3 Å². The third-order valence-corrected chi connectivity index (χ3v) is 7.06. The molecule has 11 nitrogen and oxygen atoms in total. The topological polar surface area (TPSA) is 171 Å². The molecule has 0 bridgehead atoms. The predicted octanol–water partition coefficient (Wildman–Crippen LogP) is 4.40. The van der Waals surface area contributed by atoms with E-state index in [1.54, 1.807) is 48.5 Å². The molecule has 0 heterocycles. The van der Waals surface area contributed by atoms with Gasteiger partial charge in [-0.2, -0.15) is 0 Å². The van der Waals surface area contributed by atoms with Crippen molar-refractivity contribution in [2.45, 2.75) is 12.7 Å². The number of nitrogens with one attached hydrogen (secondary N) is 2. The normalized spacial score (nSPS) is 11.9. The first-order chi connectivity index (χ1) is 21.0. The van der Waals surface area contributed by atoms with E-state index in [1.807, 2.05) is 30.3 Å². The molecule has 12 heteroatoms. The number of benzene rings is 4. The molecule has 0 spiro atoms. The van der Waals surface area contributed by atoms with Gasteiger partial charge in [0.1, 0.15) is 24.7 Å². The molecule has 0 saturated carbocycles. The molecular weight excluding hydrogens is 588 g/mol. The van der Waals surface area contributed by atoms with Crippen LogP contribution in [-0.4, -0.2) is 61.6 Å². The molecule has 4 aromatic rings. The number of aromatic carboxylic acids is 2. The lowest BCUT2D eigenvalue weighted by Crippen LogP contribution is -2.26. The van der Waals surface area contributed by atoms with Gasteiger partial charge in [-0.1, -0.05) is 54.6 Å². The maximum Gasteiger partial charge on any atom is 0.336 e. The number of carboxylic acid groups (broad SMARTS) is 2. The van der Waals surface area contributed by atoms with E-state index < -0.39 is 28.1 Å². The number of sulfonamides is 1. The summed E-state index contributed by atoms with van der Waals surface area (Å²) in [7, 11) is -3.59. The average molecular weight is 621 g/mol. The van der Waals surface area contributed by atoms with Gasteiger partial charge in [-0.3, -0.25) is 4.72 Å². The predicted molar refractivity (Wildman–Crippen MR) is 165 cm³/mol. The summed E-state index contributed by atoms with van der Waals surface area (Å²) >= 11 is 0. The van der Waals surface area contributed by atoms with Crippen molar-refractivity contribution in [1.29, 1.82) is 0 Å². The second-order valence-electron chi connectivity index (χ2n) is 9.87.